The topological polar surface area (TPSA) is 433 Å². The van der Waals surface area contributed by atoms with Crippen molar-refractivity contribution in [2.75, 3.05) is 13.7 Å². The first kappa shape index (κ1) is 46.4. The molecule has 5 atom stereocenters. The van der Waals surface area contributed by atoms with Gasteiger partial charge >= 0.3 is 29.8 Å². The molecule has 2 unspecified atom stereocenters. The van der Waals surface area contributed by atoms with Gasteiger partial charge in [-0.05, 0) is 48.5 Å². The minimum atomic E-state index is -2.54. The van der Waals surface area contributed by atoms with Crippen LogP contribution in [0.5, 0.6) is 86.2 Å². The summed E-state index contributed by atoms with van der Waals surface area (Å²) in [6.45, 7) is -1.22. The maximum atomic E-state index is 14.5. The summed E-state index contributed by atoms with van der Waals surface area (Å²) in [4.78, 5) is 70.1. The Hall–Kier alpha value is -9.59. The molecule has 0 aliphatic carbocycles. The fraction of sp³-hybridized carbons (Fsp3) is 0.167. The van der Waals surface area contributed by atoms with Crippen molar-refractivity contribution in [2.45, 2.75) is 30.7 Å². The summed E-state index contributed by atoms with van der Waals surface area (Å²) in [5, 5.41) is 145. The molecule has 0 radical (unpaired) electrons. The third-order valence-corrected chi connectivity index (χ3v) is 10.2. The lowest BCUT2D eigenvalue weighted by molar-refractivity contribution is -0.282. The summed E-state index contributed by atoms with van der Waals surface area (Å²) in [7, 11) is 0.992. The van der Waals surface area contributed by atoms with Gasteiger partial charge in [-0.2, -0.15) is 0 Å². The predicted octanol–water partition coefficient (Wildman–Crippen LogP) is 1.97. The summed E-state index contributed by atoms with van der Waals surface area (Å²) in [6.07, 6.45) is -12.1. The number of carbonyl (C=O) groups is 5. The first-order valence-corrected chi connectivity index (χ1v) is 18.8. The molecule has 0 amide bonds. The van der Waals surface area contributed by atoms with Crippen LogP contribution >= 0.6 is 0 Å². The first-order chi connectivity index (χ1) is 32.0. The van der Waals surface area contributed by atoms with Gasteiger partial charge in [0, 0.05) is 11.1 Å². The van der Waals surface area contributed by atoms with E-state index in [0.29, 0.717) is 42.5 Å². The second-order valence-electron chi connectivity index (χ2n) is 14.5. The van der Waals surface area contributed by atoms with E-state index in [1.807, 2.05) is 0 Å². The van der Waals surface area contributed by atoms with E-state index in [9.17, 15) is 95.5 Å². The molecule has 1 saturated heterocycles. The van der Waals surface area contributed by atoms with Gasteiger partial charge < -0.3 is 105 Å². The third-order valence-electron chi connectivity index (χ3n) is 10.2. The van der Waals surface area contributed by atoms with Gasteiger partial charge in [0.2, 0.25) is 23.9 Å². The Bertz CT molecular complexity index is 2890. The lowest BCUT2D eigenvalue weighted by atomic mass is 9.91. The molecule has 0 saturated carbocycles. The van der Waals surface area contributed by atoms with Gasteiger partial charge in [-0.1, -0.05) is 0 Å². The maximum absolute atomic E-state index is 14.5. The average Bonchev–Trinajstić information content (AvgIpc) is 3.30. The highest BCUT2D eigenvalue weighted by molar-refractivity contribution is 6.08. The Morgan fingerprint density at radius 2 is 0.882 bits per heavy atom. The van der Waals surface area contributed by atoms with Crippen LogP contribution in [0.2, 0.25) is 0 Å². The van der Waals surface area contributed by atoms with E-state index >= 15 is 0 Å². The van der Waals surface area contributed by atoms with E-state index < -0.39 is 192 Å². The lowest BCUT2D eigenvalue weighted by Gasteiger charge is -2.43. The van der Waals surface area contributed by atoms with E-state index in [-0.39, 0.29) is 0 Å². The molecule has 5 aromatic rings. The minimum Gasteiger partial charge on any atom is -0.504 e. The number of aromatic hydroxyl groups is 14. The summed E-state index contributed by atoms with van der Waals surface area (Å²) >= 11 is 0. The number of esters is 5. The molecule has 0 spiro atoms. The van der Waals surface area contributed by atoms with E-state index in [0.717, 1.165) is 13.2 Å². The molecule has 356 valence electrons. The molecule has 2 aliphatic heterocycles. The van der Waals surface area contributed by atoms with Crippen LogP contribution in [-0.2, 0) is 28.4 Å². The van der Waals surface area contributed by atoms with Crippen molar-refractivity contribution < 1.29 is 129 Å². The van der Waals surface area contributed by atoms with E-state index in [4.69, 9.17) is 33.2 Å². The zero-order chi connectivity index (χ0) is 49.8. The molecule has 2 aliphatic rings. The number of phenols is 14. The summed E-state index contributed by atoms with van der Waals surface area (Å²) in [5.41, 5.74) is -6.26. The Balaban J connectivity index is 1.45. The number of hydrogen-bond acceptors (Lipinski definition) is 26. The van der Waals surface area contributed by atoms with Gasteiger partial charge in [0.25, 0.3) is 0 Å². The number of cyclic esters (lactones) is 1. The number of hydrogen-bond donors (Lipinski definition) is 14. The van der Waals surface area contributed by atoms with Crippen molar-refractivity contribution in [1.82, 2.24) is 0 Å². The van der Waals surface area contributed by atoms with Crippen molar-refractivity contribution in [2.24, 2.45) is 0 Å². The van der Waals surface area contributed by atoms with E-state index in [1.54, 1.807) is 0 Å². The van der Waals surface area contributed by atoms with Gasteiger partial charge in [-0.25, -0.2) is 24.0 Å². The highest BCUT2D eigenvalue weighted by atomic mass is 16.7. The van der Waals surface area contributed by atoms with Crippen LogP contribution < -0.4 is 4.74 Å². The zero-order valence-corrected chi connectivity index (χ0v) is 33.9. The zero-order valence-electron chi connectivity index (χ0n) is 33.9. The fourth-order valence-electron chi connectivity index (χ4n) is 6.92. The van der Waals surface area contributed by atoms with Crippen molar-refractivity contribution >= 4 is 29.8 Å². The van der Waals surface area contributed by atoms with Crippen LogP contribution in [0.3, 0.4) is 0 Å². The Morgan fingerprint density at radius 3 is 1.34 bits per heavy atom. The molecular weight excluding hydrogens is 920 g/mol. The Morgan fingerprint density at radius 1 is 0.485 bits per heavy atom. The van der Waals surface area contributed by atoms with Gasteiger partial charge in [0.15, 0.2) is 87.0 Å². The summed E-state index contributed by atoms with van der Waals surface area (Å²) < 4.78 is 38.7. The van der Waals surface area contributed by atoms with Gasteiger partial charge in [0.05, 0.1) is 34.9 Å². The van der Waals surface area contributed by atoms with Gasteiger partial charge in [0.1, 0.15) is 12.7 Å². The molecule has 0 bridgehead atoms. The average molecular weight is 953 g/mol. The lowest BCUT2D eigenvalue weighted by Crippen LogP contribution is -2.63. The Labute approximate surface area is 376 Å². The van der Waals surface area contributed by atoms with Crippen LogP contribution in [0.4, 0.5) is 0 Å². The van der Waals surface area contributed by atoms with Crippen molar-refractivity contribution in [3.8, 4) is 97.4 Å². The highest BCUT2D eigenvalue weighted by Crippen LogP contribution is 2.53. The monoisotopic (exact) mass is 952 g/mol. The van der Waals surface area contributed by atoms with Crippen molar-refractivity contribution in [1.29, 1.82) is 0 Å². The van der Waals surface area contributed by atoms with Crippen LogP contribution in [0.1, 0.15) is 51.8 Å². The van der Waals surface area contributed by atoms with Crippen LogP contribution in [0.15, 0.2) is 48.5 Å². The number of carbonyl (C=O) groups excluding carboxylic acids is 5. The molecular formula is C42H32O26. The highest BCUT2D eigenvalue weighted by Gasteiger charge is 2.55. The van der Waals surface area contributed by atoms with Crippen molar-refractivity contribution in [3.05, 3.63) is 76.3 Å². The molecule has 5 aromatic carbocycles. The van der Waals surface area contributed by atoms with Gasteiger partial charge in [-0.15, -0.1) is 0 Å². The van der Waals surface area contributed by atoms with Crippen molar-refractivity contribution in [3.63, 3.8) is 0 Å². The van der Waals surface area contributed by atoms with E-state index in [2.05, 4.69) is 0 Å². The second-order valence-corrected chi connectivity index (χ2v) is 14.5. The molecule has 7 rings (SSSR count). The largest absolute Gasteiger partial charge is 0.504 e. The number of phenolic OH excluding ortho intramolecular Hbond substituents is 14. The molecule has 68 heavy (non-hydrogen) atoms. The molecule has 14 N–H and O–H groups in total. The quantitative estimate of drug-likeness (QED) is 0.0630. The number of ether oxygens (including phenoxy) is 7. The van der Waals surface area contributed by atoms with Crippen LogP contribution in [-0.4, -0.2) is 146 Å². The molecule has 26 heteroatoms. The normalized spacial score (nSPS) is 18.8. The molecule has 0 aromatic heterocycles. The number of benzene rings is 5. The van der Waals surface area contributed by atoms with E-state index in [1.165, 1.54) is 0 Å². The Kier molecular flexibility index (Phi) is 11.9. The standard InChI is InChI=1S/C42H32O26/c1-62-23-9-15-26(33(56)31(23)54)25-14(8-22(49)30(53)32(25)55)41(61)65-34-24(10-63-40(15)60)64-42(68-39(59)13-6-20(47)29(52)21(48)7-13)36(67-38(58)12-4-18(45)28(51)19(46)5-12)35(34)66-37(57)11-2-16(43)27(50)17(44)3-11/h2-9,24,34-36,42-56H,10H2,1H3/t24?,34-,35-,36?,42-/m0/s1. The number of rotatable bonds is 7. The van der Waals surface area contributed by atoms with Gasteiger partial charge in [-0.3, -0.25) is 0 Å². The predicted molar refractivity (Wildman–Crippen MR) is 213 cm³/mol. The number of fused-ring (bicyclic) bond motifs is 4. The minimum absolute atomic E-state index is 0.441. The summed E-state index contributed by atoms with van der Waals surface area (Å²) in [5.74, 6) is -25.1. The number of methoxy groups -OCH3 is 1. The molecule has 26 nitrogen and oxygen atoms in total. The molecule has 1 fully saturated rings. The SMILES string of the molecule is COc1cc2c(c(O)c1O)-c1c(cc(O)c(O)c1O)C(=O)O[C@H]1C(COC2=O)O[C@@H](OC(=O)c2cc(O)c(O)c(O)c2)C(OC(=O)c2cc(O)c(O)c(O)c2)[C@H]1OC(=O)c1cc(O)c(O)c(O)c1. The third kappa shape index (κ3) is 8.19. The first-order valence-electron chi connectivity index (χ1n) is 18.8. The maximum Gasteiger partial charge on any atom is 0.340 e. The molecule has 2 heterocycles. The fourth-order valence-corrected chi connectivity index (χ4v) is 6.92. The smallest absolute Gasteiger partial charge is 0.340 e. The summed E-state index contributed by atoms with van der Waals surface area (Å²) in [6, 6.07) is 4.52. The second kappa shape index (κ2) is 17.4. The van der Waals surface area contributed by atoms with Crippen LogP contribution in [0.25, 0.3) is 11.1 Å². The van der Waals surface area contributed by atoms with Crippen LogP contribution in [0, 0.1) is 0 Å².